The molecular formula is C21H19FN2O3. The third-order valence-corrected chi connectivity index (χ3v) is 4.00. The molecule has 0 aliphatic rings. The fourth-order valence-corrected chi connectivity index (χ4v) is 2.50. The second-order valence-electron chi connectivity index (χ2n) is 6.03. The zero-order valence-electron chi connectivity index (χ0n) is 14.6. The van der Waals surface area contributed by atoms with Crippen LogP contribution >= 0.6 is 0 Å². The maximum absolute atomic E-state index is 12.9. The quantitative estimate of drug-likeness (QED) is 0.666. The second-order valence-corrected chi connectivity index (χ2v) is 6.03. The summed E-state index contributed by atoms with van der Waals surface area (Å²) in [4.78, 5) is 23.8. The molecule has 2 N–H and O–H groups in total. The van der Waals surface area contributed by atoms with E-state index in [0.29, 0.717) is 25.1 Å². The molecule has 0 spiro atoms. The summed E-state index contributed by atoms with van der Waals surface area (Å²) in [7, 11) is 0. The van der Waals surface area contributed by atoms with E-state index in [1.807, 2.05) is 12.1 Å². The maximum Gasteiger partial charge on any atom is 0.291 e. The molecule has 0 aliphatic heterocycles. The number of hydrogen-bond acceptors (Lipinski definition) is 3. The first-order valence-electron chi connectivity index (χ1n) is 8.55. The van der Waals surface area contributed by atoms with Crippen LogP contribution in [0.15, 0.2) is 71.3 Å². The van der Waals surface area contributed by atoms with Gasteiger partial charge in [-0.3, -0.25) is 9.59 Å². The lowest BCUT2D eigenvalue weighted by molar-refractivity contribution is -0.121. The van der Waals surface area contributed by atoms with Crippen LogP contribution in [-0.2, 0) is 17.8 Å². The summed E-state index contributed by atoms with van der Waals surface area (Å²) < 4.78 is 17.9. The second kappa shape index (κ2) is 8.80. The molecule has 5 nitrogen and oxygen atoms in total. The molecule has 2 aromatic carbocycles. The topological polar surface area (TPSA) is 71.3 Å². The Bertz CT molecular complexity index is 888. The van der Waals surface area contributed by atoms with Crippen LogP contribution in [-0.4, -0.2) is 11.8 Å². The van der Waals surface area contributed by atoms with Crippen molar-refractivity contribution in [2.75, 3.05) is 5.32 Å². The van der Waals surface area contributed by atoms with Crippen molar-refractivity contribution < 1.29 is 18.4 Å². The number of nitrogens with one attached hydrogen (secondary N) is 2. The molecule has 0 saturated carbocycles. The Balaban J connectivity index is 1.43. The first-order chi connectivity index (χ1) is 13.1. The van der Waals surface area contributed by atoms with Gasteiger partial charge in [0.05, 0.1) is 6.26 Å². The summed E-state index contributed by atoms with van der Waals surface area (Å²) in [6.07, 6.45) is 2.34. The Morgan fingerprint density at radius 2 is 1.63 bits per heavy atom. The number of rotatable bonds is 7. The number of halogens is 1. The molecular weight excluding hydrogens is 347 g/mol. The Labute approximate surface area is 156 Å². The fraction of sp³-hybridized carbons (Fsp3) is 0.143. The average Bonchev–Trinajstić information content (AvgIpc) is 3.22. The van der Waals surface area contributed by atoms with Crippen LogP contribution in [0.1, 0.15) is 28.1 Å². The molecule has 138 valence electrons. The minimum absolute atomic E-state index is 0.0745. The van der Waals surface area contributed by atoms with Crippen molar-refractivity contribution >= 4 is 17.5 Å². The van der Waals surface area contributed by atoms with Crippen molar-refractivity contribution in [3.8, 4) is 0 Å². The highest BCUT2D eigenvalue weighted by Crippen LogP contribution is 2.12. The first kappa shape index (κ1) is 18.4. The zero-order valence-corrected chi connectivity index (χ0v) is 14.6. The van der Waals surface area contributed by atoms with Gasteiger partial charge in [0.15, 0.2) is 5.76 Å². The lowest BCUT2D eigenvalue weighted by atomic mass is 10.1. The van der Waals surface area contributed by atoms with Crippen LogP contribution in [0.25, 0.3) is 0 Å². The molecule has 27 heavy (non-hydrogen) atoms. The Kier molecular flexibility index (Phi) is 5.99. The highest BCUT2D eigenvalue weighted by molar-refractivity contribution is 6.02. The summed E-state index contributed by atoms with van der Waals surface area (Å²) in [6.45, 7) is 0.397. The van der Waals surface area contributed by atoms with Crippen LogP contribution < -0.4 is 10.6 Å². The molecule has 0 unspecified atom stereocenters. The molecule has 0 saturated heterocycles. The lowest BCUT2D eigenvalue weighted by Gasteiger charge is -2.07. The van der Waals surface area contributed by atoms with Gasteiger partial charge >= 0.3 is 0 Å². The first-order valence-corrected chi connectivity index (χ1v) is 8.55. The number of benzene rings is 2. The van der Waals surface area contributed by atoms with E-state index >= 15 is 0 Å². The van der Waals surface area contributed by atoms with Crippen LogP contribution in [0.2, 0.25) is 0 Å². The van der Waals surface area contributed by atoms with E-state index < -0.39 is 0 Å². The summed E-state index contributed by atoms with van der Waals surface area (Å²) in [6, 6.07) is 16.6. The summed E-state index contributed by atoms with van der Waals surface area (Å²) in [5.41, 5.74) is 2.48. The van der Waals surface area contributed by atoms with E-state index in [-0.39, 0.29) is 23.4 Å². The van der Waals surface area contributed by atoms with E-state index in [1.165, 1.54) is 18.4 Å². The number of anilines is 1. The molecule has 1 aromatic heterocycles. The molecule has 0 radical (unpaired) electrons. The van der Waals surface area contributed by atoms with Gasteiger partial charge in [0, 0.05) is 18.7 Å². The molecule has 0 fully saturated rings. The van der Waals surface area contributed by atoms with Gasteiger partial charge in [0.1, 0.15) is 5.82 Å². The largest absolute Gasteiger partial charge is 0.459 e. The molecule has 3 aromatic rings. The third kappa shape index (κ3) is 5.54. The Morgan fingerprint density at radius 3 is 2.30 bits per heavy atom. The highest BCUT2D eigenvalue weighted by atomic mass is 19.1. The highest BCUT2D eigenvalue weighted by Gasteiger charge is 2.08. The fourth-order valence-electron chi connectivity index (χ4n) is 2.50. The molecule has 2 amide bonds. The molecule has 0 atom stereocenters. The number of hydrogen-bond donors (Lipinski definition) is 2. The van der Waals surface area contributed by atoms with Crippen molar-refractivity contribution in [1.29, 1.82) is 0 Å². The number of furan rings is 1. The van der Waals surface area contributed by atoms with Gasteiger partial charge in [-0.05, 0) is 53.9 Å². The van der Waals surface area contributed by atoms with Crippen LogP contribution in [0.5, 0.6) is 0 Å². The van der Waals surface area contributed by atoms with Crippen molar-refractivity contribution in [2.45, 2.75) is 19.4 Å². The van der Waals surface area contributed by atoms with Crippen molar-refractivity contribution in [3.63, 3.8) is 0 Å². The smallest absolute Gasteiger partial charge is 0.291 e. The third-order valence-electron chi connectivity index (χ3n) is 4.00. The molecule has 0 aliphatic carbocycles. The van der Waals surface area contributed by atoms with E-state index in [4.69, 9.17) is 4.42 Å². The maximum atomic E-state index is 12.9. The standard InChI is InChI=1S/C21H19FN2O3/c22-17-8-3-15(4-9-17)7-12-20(25)23-14-16-5-10-18(11-6-16)24-21(26)19-2-1-13-27-19/h1-6,8-11,13H,7,12,14H2,(H,23,25)(H,24,26). The number of carbonyl (C=O) groups excluding carboxylic acids is 2. The van der Waals surface area contributed by atoms with Crippen LogP contribution in [0.4, 0.5) is 10.1 Å². The Hall–Kier alpha value is -3.41. The zero-order chi connectivity index (χ0) is 19.1. The monoisotopic (exact) mass is 366 g/mol. The van der Waals surface area contributed by atoms with Gasteiger partial charge in [0.2, 0.25) is 5.91 Å². The van der Waals surface area contributed by atoms with Crippen LogP contribution in [0, 0.1) is 5.82 Å². The lowest BCUT2D eigenvalue weighted by Crippen LogP contribution is -2.23. The molecule has 6 heteroatoms. The van der Waals surface area contributed by atoms with E-state index in [0.717, 1.165) is 11.1 Å². The van der Waals surface area contributed by atoms with Gasteiger partial charge in [-0.1, -0.05) is 24.3 Å². The van der Waals surface area contributed by atoms with Gasteiger partial charge in [-0.2, -0.15) is 0 Å². The number of carbonyl (C=O) groups is 2. The predicted octanol–water partition coefficient (Wildman–Crippen LogP) is 3.92. The van der Waals surface area contributed by atoms with E-state index in [1.54, 1.807) is 36.4 Å². The van der Waals surface area contributed by atoms with Crippen molar-refractivity contribution in [2.24, 2.45) is 0 Å². The van der Waals surface area contributed by atoms with E-state index in [9.17, 15) is 14.0 Å². The van der Waals surface area contributed by atoms with Gasteiger partial charge in [-0.15, -0.1) is 0 Å². The van der Waals surface area contributed by atoms with Crippen LogP contribution in [0.3, 0.4) is 0 Å². The molecule has 1 heterocycles. The molecule has 3 rings (SSSR count). The van der Waals surface area contributed by atoms with Gasteiger partial charge in [0.25, 0.3) is 5.91 Å². The minimum Gasteiger partial charge on any atom is -0.459 e. The SMILES string of the molecule is O=C(CCc1ccc(F)cc1)NCc1ccc(NC(=O)c2ccco2)cc1. The van der Waals surface area contributed by atoms with Crippen molar-refractivity contribution in [1.82, 2.24) is 5.32 Å². The number of amides is 2. The normalized spacial score (nSPS) is 10.4. The van der Waals surface area contributed by atoms with E-state index in [2.05, 4.69) is 10.6 Å². The molecule has 0 bridgehead atoms. The van der Waals surface area contributed by atoms with Gasteiger partial charge in [-0.25, -0.2) is 4.39 Å². The van der Waals surface area contributed by atoms with Gasteiger partial charge < -0.3 is 15.1 Å². The van der Waals surface area contributed by atoms with Crippen molar-refractivity contribution in [3.05, 3.63) is 89.6 Å². The minimum atomic E-state index is -0.318. The summed E-state index contributed by atoms with van der Waals surface area (Å²) in [5, 5.41) is 5.58. The summed E-state index contributed by atoms with van der Waals surface area (Å²) in [5.74, 6) is -0.434. The predicted molar refractivity (Wildman–Crippen MR) is 99.7 cm³/mol. The Morgan fingerprint density at radius 1 is 0.926 bits per heavy atom. The average molecular weight is 366 g/mol. The summed E-state index contributed by atoms with van der Waals surface area (Å²) >= 11 is 0. The number of aryl methyl sites for hydroxylation is 1.